The molecule has 2 aromatic rings. The number of imidazole rings is 1. The van der Waals surface area contributed by atoms with Gasteiger partial charge in [0.15, 0.2) is 5.65 Å². The van der Waals surface area contributed by atoms with Crippen LogP contribution in [0.1, 0.15) is 37.9 Å². The molecule has 1 fully saturated rings. The van der Waals surface area contributed by atoms with Crippen LogP contribution in [-0.4, -0.2) is 39.3 Å². The molecule has 0 unspecified atom stereocenters. The van der Waals surface area contributed by atoms with E-state index in [9.17, 15) is 18.0 Å². The Hall–Kier alpha value is -1.94. The van der Waals surface area contributed by atoms with E-state index in [0.717, 1.165) is 30.3 Å². The van der Waals surface area contributed by atoms with Gasteiger partial charge < -0.3 is 4.98 Å². The highest BCUT2D eigenvalue weighted by Crippen LogP contribution is 2.23. The predicted molar refractivity (Wildman–Crippen MR) is 94.1 cm³/mol. The van der Waals surface area contributed by atoms with Gasteiger partial charge in [-0.3, -0.25) is 13.9 Å². The van der Waals surface area contributed by atoms with Gasteiger partial charge in [-0.25, -0.2) is 22.9 Å². The fourth-order valence-corrected chi connectivity index (χ4v) is 4.90. The minimum atomic E-state index is -3.24. The number of nitrogens with one attached hydrogen (secondary N) is 2. The first-order chi connectivity index (χ1) is 11.8. The number of hydrogen-bond donors (Lipinski definition) is 2. The smallest absolute Gasteiger partial charge is 0.332 e. The molecule has 0 aromatic carbocycles. The lowest BCUT2D eigenvalue weighted by Gasteiger charge is -2.11. The van der Waals surface area contributed by atoms with Crippen LogP contribution in [0.4, 0.5) is 0 Å². The summed E-state index contributed by atoms with van der Waals surface area (Å²) in [4.78, 5) is 31.3. The molecule has 1 aliphatic rings. The zero-order valence-corrected chi connectivity index (χ0v) is 15.2. The number of nitrogens with zero attached hydrogens (tertiary/aromatic N) is 3. The van der Waals surface area contributed by atoms with Gasteiger partial charge in [0.1, 0.15) is 11.3 Å². The first-order valence-corrected chi connectivity index (χ1v) is 9.99. The van der Waals surface area contributed by atoms with Crippen molar-refractivity contribution < 1.29 is 8.42 Å². The first kappa shape index (κ1) is 17.9. The summed E-state index contributed by atoms with van der Waals surface area (Å²) in [5.41, 5.74) is -0.251. The number of aromatic nitrogens is 4. The molecule has 3 rings (SSSR count). The molecule has 0 amide bonds. The number of H-pyrrole nitrogens is 1. The maximum atomic E-state index is 12.1. The van der Waals surface area contributed by atoms with Crippen molar-refractivity contribution in [1.82, 2.24) is 23.8 Å². The molecule has 1 aliphatic carbocycles. The average Bonchev–Trinajstić information content (AvgIpc) is 3.25. The van der Waals surface area contributed by atoms with Crippen molar-refractivity contribution in [3.8, 4) is 0 Å². The fraction of sp³-hybridized carbons (Fsp3) is 0.667. The fourth-order valence-electron chi connectivity index (χ4n) is 3.28. The zero-order valence-electron chi connectivity index (χ0n) is 14.4. The minimum absolute atomic E-state index is 0.267. The van der Waals surface area contributed by atoms with Crippen molar-refractivity contribution in [2.45, 2.75) is 43.8 Å². The Morgan fingerprint density at radius 1 is 1.20 bits per heavy atom. The summed E-state index contributed by atoms with van der Waals surface area (Å²) < 4.78 is 29.3. The quantitative estimate of drug-likeness (QED) is 0.681. The Balaban J connectivity index is 1.66. The van der Waals surface area contributed by atoms with Gasteiger partial charge in [-0.15, -0.1) is 0 Å². The SMILES string of the molecule is Cn1c(=O)c2[nH]c(CCCNS(=O)(=O)C3CCCC3)nc2n(C)c1=O. The molecular weight excluding hydrogens is 346 g/mol. The third-order valence-corrected chi connectivity index (χ3v) is 6.73. The highest BCUT2D eigenvalue weighted by molar-refractivity contribution is 7.90. The molecule has 9 nitrogen and oxygen atoms in total. The Bertz CT molecular complexity index is 995. The standard InChI is InChI=1S/C15H23N5O4S/c1-19-13-12(14(21)20(2)15(19)22)17-11(18-13)8-5-9-16-25(23,24)10-6-3-4-7-10/h10,16H,3-9H2,1-2H3,(H,17,18). The zero-order chi connectivity index (χ0) is 18.2. The van der Waals surface area contributed by atoms with E-state index >= 15 is 0 Å². The number of hydrogen-bond acceptors (Lipinski definition) is 5. The minimum Gasteiger partial charge on any atom is -0.336 e. The molecular formula is C15H23N5O4S. The van der Waals surface area contributed by atoms with Crippen LogP contribution < -0.4 is 16.0 Å². The summed E-state index contributed by atoms with van der Waals surface area (Å²) in [5.74, 6) is 0.563. The first-order valence-electron chi connectivity index (χ1n) is 8.44. The number of fused-ring (bicyclic) bond motifs is 1. The van der Waals surface area contributed by atoms with Crippen LogP contribution in [0.3, 0.4) is 0 Å². The third-order valence-electron chi connectivity index (χ3n) is 4.78. The molecule has 1 saturated carbocycles. The van der Waals surface area contributed by atoms with E-state index in [0.29, 0.717) is 30.9 Å². The molecule has 0 spiro atoms. The van der Waals surface area contributed by atoms with Gasteiger partial charge in [0.2, 0.25) is 10.0 Å². The predicted octanol–water partition coefficient (Wildman–Crippen LogP) is -0.245. The molecule has 25 heavy (non-hydrogen) atoms. The summed E-state index contributed by atoms with van der Waals surface area (Å²) in [5, 5.41) is -0.267. The van der Waals surface area contributed by atoms with Gasteiger partial charge in [0.25, 0.3) is 5.56 Å². The van der Waals surface area contributed by atoms with Crippen molar-refractivity contribution >= 4 is 21.2 Å². The average molecular weight is 369 g/mol. The van der Waals surface area contributed by atoms with Crippen LogP contribution >= 0.6 is 0 Å². The molecule has 10 heteroatoms. The molecule has 2 N–H and O–H groups in total. The Morgan fingerprint density at radius 3 is 2.56 bits per heavy atom. The van der Waals surface area contributed by atoms with E-state index in [1.54, 1.807) is 7.05 Å². The topological polar surface area (TPSA) is 119 Å². The van der Waals surface area contributed by atoms with Gasteiger partial charge in [-0.1, -0.05) is 12.8 Å². The summed E-state index contributed by atoms with van der Waals surface area (Å²) in [6.07, 6.45) is 4.45. The van der Waals surface area contributed by atoms with Crippen molar-refractivity contribution in [2.75, 3.05) is 6.54 Å². The molecule has 0 atom stereocenters. The van der Waals surface area contributed by atoms with E-state index in [2.05, 4.69) is 14.7 Å². The van der Waals surface area contributed by atoms with Crippen LogP contribution in [0.25, 0.3) is 11.2 Å². The van der Waals surface area contributed by atoms with Crippen LogP contribution in [0.15, 0.2) is 9.59 Å². The van der Waals surface area contributed by atoms with E-state index in [-0.39, 0.29) is 10.8 Å². The van der Waals surface area contributed by atoms with Gasteiger partial charge in [0, 0.05) is 27.1 Å². The van der Waals surface area contributed by atoms with Gasteiger partial charge in [0.05, 0.1) is 5.25 Å². The Morgan fingerprint density at radius 2 is 1.88 bits per heavy atom. The highest BCUT2D eigenvalue weighted by Gasteiger charge is 2.27. The normalized spacial score (nSPS) is 16.1. The maximum Gasteiger partial charge on any atom is 0.332 e. The highest BCUT2D eigenvalue weighted by atomic mass is 32.2. The summed E-state index contributed by atoms with van der Waals surface area (Å²) in [7, 11) is -0.264. The molecule has 2 aromatic heterocycles. The van der Waals surface area contributed by atoms with Crippen LogP contribution in [-0.2, 0) is 30.5 Å². The van der Waals surface area contributed by atoms with Crippen molar-refractivity contribution in [3.05, 3.63) is 26.7 Å². The second kappa shape index (κ2) is 6.75. The van der Waals surface area contributed by atoms with Crippen molar-refractivity contribution in [1.29, 1.82) is 0 Å². The Kier molecular flexibility index (Phi) is 4.83. The number of aromatic amines is 1. The number of aryl methyl sites for hydroxylation is 2. The number of rotatable bonds is 6. The van der Waals surface area contributed by atoms with Crippen molar-refractivity contribution in [3.63, 3.8) is 0 Å². The van der Waals surface area contributed by atoms with E-state index in [4.69, 9.17) is 0 Å². The lowest BCUT2D eigenvalue weighted by molar-refractivity contribution is 0.562. The molecule has 0 aliphatic heterocycles. The summed E-state index contributed by atoms with van der Waals surface area (Å²) in [6.45, 7) is 0.326. The Labute approximate surface area is 145 Å². The van der Waals surface area contributed by atoms with Gasteiger partial charge in [-0.2, -0.15) is 0 Å². The lowest BCUT2D eigenvalue weighted by atomic mass is 10.3. The van der Waals surface area contributed by atoms with Crippen LogP contribution in [0.2, 0.25) is 0 Å². The number of sulfonamides is 1. The summed E-state index contributed by atoms with van der Waals surface area (Å²) in [6, 6.07) is 0. The van der Waals surface area contributed by atoms with Crippen molar-refractivity contribution in [2.24, 2.45) is 14.1 Å². The molecule has 138 valence electrons. The molecule has 0 saturated heterocycles. The third kappa shape index (κ3) is 3.40. The monoisotopic (exact) mass is 369 g/mol. The molecule has 2 heterocycles. The van der Waals surface area contributed by atoms with E-state index in [1.165, 1.54) is 11.6 Å². The largest absolute Gasteiger partial charge is 0.336 e. The van der Waals surface area contributed by atoms with Crippen LogP contribution in [0, 0.1) is 0 Å². The lowest BCUT2D eigenvalue weighted by Crippen LogP contribution is -2.36. The summed E-state index contributed by atoms with van der Waals surface area (Å²) >= 11 is 0. The van der Waals surface area contributed by atoms with E-state index < -0.39 is 21.3 Å². The second-order valence-corrected chi connectivity index (χ2v) is 8.58. The molecule has 0 bridgehead atoms. The molecule has 0 radical (unpaired) electrons. The second-order valence-electron chi connectivity index (χ2n) is 6.54. The van der Waals surface area contributed by atoms with Gasteiger partial charge >= 0.3 is 5.69 Å². The van der Waals surface area contributed by atoms with E-state index in [1.807, 2.05) is 0 Å². The van der Waals surface area contributed by atoms with Crippen LogP contribution in [0.5, 0.6) is 0 Å². The van der Waals surface area contributed by atoms with Gasteiger partial charge in [-0.05, 0) is 19.3 Å². The maximum absolute atomic E-state index is 12.1.